The Bertz CT molecular complexity index is 787. The average molecular weight is 428 g/mol. The zero-order valence-corrected chi connectivity index (χ0v) is 19.0. The molecule has 0 radical (unpaired) electrons. The van der Waals surface area contributed by atoms with Crippen molar-refractivity contribution in [3.63, 3.8) is 0 Å². The Morgan fingerprint density at radius 1 is 0.806 bits per heavy atom. The van der Waals surface area contributed by atoms with E-state index >= 15 is 0 Å². The molecule has 0 fully saturated rings. The number of ether oxygens (including phenoxy) is 2. The number of methoxy groups -OCH3 is 2. The quantitative estimate of drug-likeness (QED) is 0.576. The molecule has 31 heavy (non-hydrogen) atoms. The van der Waals surface area contributed by atoms with E-state index in [1.807, 2.05) is 74.2 Å². The first kappa shape index (κ1) is 24.2. The second-order valence-corrected chi connectivity index (χ2v) is 7.57. The van der Waals surface area contributed by atoms with Crippen LogP contribution in [-0.2, 0) is 9.59 Å². The summed E-state index contributed by atoms with van der Waals surface area (Å²) in [5, 5.41) is 5.97. The van der Waals surface area contributed by atoms with E-state index in [0.717, 1.165) is 22.6 Å². The maximum atomic E-state index is 12.9. The highest BCUT2D eigenvalue weighted by molar-refractivity contribution is 5.81. The van der Waals surface area contributed by atoms with Gasteiger partial charge in [0, 0.05) is 6.04 Å². The van der Waals surface area contributed by atoms with Crippen LogP contribution >= 0.6 is 0 Å². The van der Waals surface area contributed by atoms with Crippen molar-refractivity contribution in [1.82, 2.24) is 15.5 Å². The van der Waals surface area contributed by atoms with Crippen LogP contribution in [0, 0.1) is 0 Å². The molecule has 0 bridgehead atoms. The first-order valence-electron chi connectivity index (χ1n) is 10.4. The Kier molecular flexibility index (Phi) is 9.34. The third kappa shape index (κ3) is 7.61. The van der Waals surface area contributed by atoms with E-state index in [2.05, 4.69) is 10.6 Å². The number of hydrogen-bond acceptors (Lipinski definition) is 5. The summed E-state index contributed by atoms with van der Waals surface area (Å²) in [6.45, 7) is 6.65. The molecule has 0 unspecified atom stereocenters. The van der Waals surface area contributed by atoms with Crippen LogP contribution in [0.25, 0.3) is 0 Å². The van der Waals surface area contributed by atoms with Gasteiger partial charge in [0.15, 0.2) is 0 Å². The Balaban J connectivity index is 2.16. The summed E-state index contributed by atoms with van der Waals surface area (Å²) in [6.07, 6.45) is 0. The van der Waals surface area contributed by atoms with Gasteiger partial charge in [-0.25, -0.2) is 0 Å². The van der Waals surface area contributed by atoms with E-state index in [4.69, 9.17) is 9.47 Å². The number of carbonyl (C=O) groups is 2. The van der Waals surface area contributed by atoms with Crippen molar-refractivity contribution in [1.29, 1.82) is 0 Å². The lowest BCUT2D eigenvalue weighted by Gasteiger charge is -2.24. The minimum Gasteiger partial charge on any atom is -0.497 e. The Labute approximate surface area is 184 Å². The fourth-order valence-electron chi connectivity index (χ4n) is 3.21. The van der Waals surface area contributed by atoms with Gasteiger partial charge in [-0.2, -0.15) is 0 Å². The van der Waals surface area contributed by atoms with E-state index in [0.29, 0.717) is 6.54 Å². The van der Waals surface area contributed by atoms with Crippen molar-refractivity contribution in [2.45, 2.75) is 32.9 Å². The summed E-state index contributed by atoms with van der Waals surface area (Å²) in [5.41, 5.74) is 1.86. The van der Waals surface area contributed by atoms with Crippen LogP contribution in [-0.4, -0.2) is 56.6 Å². The molecule has 2 aromatic carbocycles. The summed E-state index contributed by atoms with van der Waals surface area (Å²) in [4.78, 5) is 26.8. The molecule has 0 saturated carbocycles. The van der Waals surface area contributed by atoms with Crippen molar-refractivity contribution in [2.75, 3.05) is 33.9 Å². The fraction of sp³-hybridized carbons (Fsp3) is 0.417. The number of benzene rings is 2. The molecule has 0 saturated heterocycles. The minimum absolute atomic E-state index is 0.0644. The van der Waals surface area contributed by atoms with Crippen molar-refractivity contribution in [2.24, 2.45) is 0 Å². The average Bonchev–Trinajstić information content (AvgIpc) is 2.76. The van der Waals surface area contributed by atoms with Gasteiger partial charge in [0.1, 0.15) is 11.5 Å². The van der Waals surface area contributed by atoms with Crippen LogP contribution in [0.4, 0.5) is 0 Å². The first-order valence-corrected chi connectivity index (χ1v) is 10.4. The van der Waals surface area contributed by atoms with Gasteiger partial charge in [0.2, 0.25) is 11.8 Å². The van der Waals surface area contributed by atoms with E-state index in [-0.39, 0.29) is 37.0 Å². The first-order chi connectivity index (χ1) is 14.9. The van der Waals surface area contributed by atoms with E-state index in [9.17, 15) is 9.59 Å². The molecule has 2 aromatic rings. The normalized spacial score (nSPS) is 11.0. The highest BCUT2D eigenvalue weighted by atomic mass is 16.5. The van der Waals surface area contributed by atoms with Gasteiger partial charge >= 0.3 is 0 Å². The van der Waals surface area contributed by atoms with Gasteiger partial charge in [-0.3, -0.25) is 14.5 Å². The van der Waals surface area contributed by atoms with Crippen LogP contribution in [0.2, 0.25) is 0 Å². The molecule has 168 valence electrons. The molecule has 2 rings (SSSR count). The topological polar surface area (TPSA) is 79.9 Å². The molecule has 0 aromatic heterocycles. The third-order valence-electron chi connectivity index (χ3n) is 4.83. The van der Waals surface area contributed by atoms with Crippen molar-refractivity contribution in [3.05, 3.63) is 59.7 Å². The SMILES string of the molecule is CCN(CC(=O)NC(C)C)CC(=O)NC(c1ccc(OC)cc1)c1ccc(OC)cc1. The van der Waals surface area contributed by atoms with Gasteiger partial charge in [-0.15, -0.1) is 0 Å². The lowest BCUT2D eigenvalue weighted by molar-refractivity contribution is -0.125. The second-order valence-electron chi connectivity index (χ2n) is 7.57. The number of likely N-dealkylation sites (N-methyl/N-ethyl adjacent to an activating group) is 1. The lowest BCUT2D eigenvalue weighted by atomic mass is 9.98. The highest BCUT2D eigenvalue weighted by Gasteiger charge is 2.20. The number of hydrogen-bond donors (Lipinski definition) is 2. The monoisotopic (exact) mass is 427 g/mol. The summed E-state index contributed by atoms with van der Waals surface area (Å²) >= 11 is 0. The summed E-state index contributed by atoms with van der Waals surface area (Å²) in [6, 6.07) is 14.9. The van der Waals surface area contributed by atoms with Crippen LogP contribution in [0.3, 0.4) is 0 Å². The zero-order valence-electron chi connectivity index (χ0n) is 19.0. The Morgan fingerprint density at radius 3 is 1.58 bits per heavy atom. The molecule has 0 heterocycles. The largest absolute Gasteiger partial charge is 0.497 e. The number of nitrogens with one attached hydrogen (secondary N) is 2. The molecule has 2 N–H and O–H groups in total. The van der Waals surface area contributed by atoms with E-state index in [1.165, 1.54) is 0 Å². The molecule has 0 aliphatic heterocycles. The van der Waals surface area contributed by atoms with Gasteiger partial charge in [-0.1, -0.05) is 31.2 Å². The second kappa shape index (κ2) is 12.0. The van der Waals surface area contributed by atoms with Crippen molar-refractivity contribution in [3.8, 4) is 11.5 Å². The van der Waals surface area contributed by atoms with Crippen LogP contribution in [0.5, 0.6) is 11.5 Å². The van der Waals surface area contributed by atoms with Crippen molar-refractivity contribution >= 4 is 11.8 Å². The lowest BCUT2D eigenvalue weighted by Crippen LogP contribution is -2.44. The Morgan fingerprint density at radius 2 is 1.23 bits per heavy atom. The summed E-state index contributed by atoms with van der Waals surface area (Å²) in [7, 11) is 3.24. The maximum Gasteiger partial charge on any atom is 0.234 e. The number of amides is 2. The highest BCUT2D eigenvalue weighted by Crippen LogP contribution is 2.26. The number of rotatable bonds is 11. The van der Waals surface area contributed by atoms with Gasteiger partial charge < -0.3 is 20.1 Å². The molecule has 7 nitrogen and oxygen atoms in total. The smallest absolute Gasteiger partial charge is 0.234 e. The molecule has 0 aliphatic rings. The third-order valence-corrected chi connectivity index (χ3v) is 4.83. The van der Waals surface area contributed by atoms with E-state index < -0.39 is 0 Å². The molecular weight excluding hydrogens is 394 g/mol. The van der Waals surface area contributed by atoms with Crippen LogP contribution in [0.1, 0.15) is 37.9 Å². The molecule has 2 amide bonds. The standard InChI is InChI=1S/C24H33N3O4/c1-6-27(15-22(28)25-17(2)3)16-23(29)26-24(18-7-11-20(30-4)12-8-18)19-9-13-21(31-5)14-10-19/h7-14,17,24H,6,15-16H2,1-5H3,(H,25,28)(H,26,29). The van der Waals surface area contributed by atoms with Gasteiger partial charge in [-0.05, 0) is 55.8 Å². The van der Waals surface area contributed by atoms with E-state index in [1.54, 1.807) is 14.2 Å². The number of nitrogens with zero attached hydrogens (tertiary/aromatic N) is 1. The van der Waals surface area contributed by atoms with Crippen LogP contribution < -0.4 is 20.1 Å². The minimum atomic E-state index is -0.340. The molecule has 0 aliphatic carbocycles. The van der Waals surface area contributed by atoms with Gasteiger partial charge in [0.05, 0.1) is 33.4 Å². The zero-order chi connectivity index (χ0) is 22.8. The molecule has 0 atom stereocenters. The maximum absolute atomic E-state index is 12.9. The molecule has 0 spiro atoms. The Hall–Kier alpha value is -3.06. The predicted octanol–water partition coefficient (Wildman–Crippen LogP) is 2.76. The predicted molar refractivity (Wildman–Crippen MR) is 121 cm³/mol. The fourth-order valence-corrected chi connectivity index (χ4v) is 3.21. The summed E-state index contributed by atoms with van der Waals surface area (Å²) < 4.78 is 10.5. The molecule has 7 heteroatoms. The summed E-state index contributed by atoms with van der Waals surface area (Å²) in [5.74, 6) is 1.25. The van der Waals surface area contributed by atoms with Gasteiger partial charge in [0.25, 0.3) is 0 Å². The van der Waals surface area contributed by atoms with Crippen LogP contribution in [0.15, 0.2) is 48.5 Å². The molecular formula is C24H33N3O4. The van der Waals surface area contributed by atoms with Crippen molar-refractivity contribution < 1.29 is 19.1 Å². The number of carbonyl (C=O) groups excluding carboxylic acids is 2.